The number of nitro groups is 1. The Morgan fingerprint density at radius 1 is 0.971 bits per heavy atom. The topological polar surface area (TPSA) is 169 Å². The Morgan fingerprint density at radius 2 is 1.59 bits per heavy atom. The van der Waals surface area contributed by atoms with E-state index < -0.39 is 27.9 Å². The highest BCUT2D eigenvalue weighted by atomic mass is 16.9. The number of methoxy groups -OCH3 is 1. The fourth-order valence-corrected chi connectivity index (χ4v) is 3.42. The van der Waals surface area contributed by atoms with E-state index in [1.54, 1.807) is 19.9 Å². The number of hydrogen-bond acceptors (Lipinski definition) is 11. The van der Waals surface area contributed by atoms with Crippen molar-refractivity contribution >= 4 is 17.6 Å². The van der Waals surface area contributed by atoms with Gasteiger partial charge in [0.2, 0.25) is 0 Å². The zero-order chi connectivity index (χ0) is 25.3. The lowest BCUT2D eigenvalue weighted by molar-refractivity contribution is -0.757. The molecule has 0 fully saturated rings. The maximum atomic E-state index is 13.0. The molecule has 1 aromatic rings. The minimum absolute atomic E-state index is 0.0350. The van der Waals surface area contributed by atoms with Crippen molar-refractivity contribution in [3.8, 4) is 0 Å². The van der Waals surface area contributed by atoms with Gasteiger partial charge in [-0.2, -0.15) is 0 Å². The van der Waals surface area contributed by atoms with Crippen LogP contribution in [0.4, 0.5) is 5.69 Å². The second-order valence-corrected chi connectivity index (χ2v) is 7.16. The molecule has 1 N–H and O–H groups in total. The summed E-state index contributed by atoms with van der Waals surface area (Å²) in [6.07, 6.45) is 0.0642. The molecule has 0 aliphatic carbocycles. The normalized spacial score (nSPS) is 15.4. The van der Waals surface area contributed by atoms with Crippen LogP contribution in [0.3, 0.4) is 0 Å². The summed E-state index contributed by atoms with van der Waals surface area (Å²) < 4.78 is 15.4. The standard InChI is InChI=1S/C21H25N3O10/c1-13-17(20(25)32-8-5-9-34-24(29)30)19(15-6-4-7-16(12-15)23(27)28)18(14(2)22-13)21(26)33-11-10-31-3/h4,6-7,12,19,22H,5,8-11H2,1-3H3. The van der Waals surface area contributed by atoms with Gasteiger partial charge in [0.05, 0.1) is 41.8 Å². The first-order valence-corrected chi connectivity index (χ1v) is 10.2. The Labute approximate surface area is 194 Å². The van der Waals surface area contributed by atoms with Gasteiger partial charge in [0.15, 0.2) is 0 Å². The Bertz CT molecular complexity index is 1020. The van der Waals surface area contributed by atoms with Gasteiger partial charge >= 0.3 is 11.9 Å². The molecule has 13 nitrogen and oxygen atoms in total. The lowest BCUT2D eigenvalue weighted by Gasteiger charge is -2.30. The van der Waals surface area contributed by atoms with Crippen LogP contribution in [0.25, 0.3) is 0 Å². The van der Waals surface area contributed by atoms with Crippen molar-refractivity contribution in [2.75, 3.05) is 33.5 Å². The quantitative estimate of drug-likeness (QED) is 0.202. The van der Waals surface area contributed by atoms with Crippen molar-refractivity contribution in [3.63, 3.8) is 0 Å². The average Bonchev–Trinajstić information content (AvgIpc) is 2.78. The number of carbonyl (C=O) groups is 2. The summed E-state index contributed by atoms with van der Waals surface area (Å²) >= 11 is 0. The van der Waals surface area contributed by atoms with Crippen LogP contribution in [0.1, 0.15) is 31.7 Å². The zero-order valence-electron chi connectivity index (χ0n) is 18.9. The monoisotopic (exact) mass is 479 g/mol. The van der Waals surface area contributed by atoms with Gasteiger partial charge in [-0.3, -0.25) is 10.1 Å². The van der Waals surface area contributed by atoms with E-state index in [1.165, 1.54) is 25.3 Å². The molecule has 34 heavy (non-hydrogen) atoms. The van der Waals surface area contributed by atoms with E-state index in [1.807, 2.05) is 0 Å². The molecular weight excluding hydrogens is 454 g/mol. The minimum atomic E-state index is -1.02. The van der Waals surface area contributed by atoms with E-state index in [0.717, 1.165) is 0 Å². The number of nitro benzene ring substituents is 1. The molecule has 1 unspecified atom stereocenters. The molecule has 0 bridgehead atoms. The molecule has 184 valence electrons. The number of ether oxygens (including phenoxy) is 3. The van der Waals surface area contributed by atoms with Gasteiger partial charge in [-0.15, -0.1) is 10.1 Å². The van der Waals surface area contributed by atoms with Crippen LogP contribution in [-0.4, -0.2) is 55.5 Å². The third kappa shape index (κ3) is 6.75. The lowest BCUT2D eigenvalue weighted by Crippen LogP contribution is -2.33. The van der Waals surface area contributed by atoms with Crippen molar-refractivity contribution in [3.05, 3.63) is 72.6 Å². The van der Waals surface area contributed by atoms with E-state index in [-0.39, 0.29) is 49.7 Å². The summed E-state index contributed by atoms with van der Waals surface area (Å²) in [4.78, 5) is 51.2. The molecule has 0 spiro atoms. The smallest absolute Gasteiger partial charge is 0.336 e. The lowest BCUT2D eigenvalue weighted by atomic mass is 9.80. The third-order valence-corrected chi connectivity index (χ3v) is 4.85. The van der Waals surface area contributed by atoms with Crippen molar-refractivity contribution in [2.45, 2.75) is 26.2 Å². The second kappa shape index (κ2) is 12.3. The molecule has 1 atom stereocenters. The highest BCUT2D eigenvalue weighted by molar-refractivity contribution is 6.00. The number of nitrogens with one attached hydrogen (secondary N) is 1. The van der Waals surface area contributed by atoms with E-state index in [0.29, 0.717) is 17.0 Å². The number of dihydropyridines is 1. The molecule has 0 saturated heterocycles. The zero-order valence-corrected chi connectivity index (χ0v) is 18.9. The maximum absolute atomic E-state index is 13.0. The predicted molar refractivity (Wildman–Crippen MR) is 116 cm³/mol. The molecule has 13 heteroatoms. The van der Waals surface area contributed by atoms with Crippen LogP contribution < -0.4 is 5.32 Å². The van der Waals surface area contributed by atoms with Gasteiger partial charge in [-0.05, 0) is 19.4 Å². The minimum Gasteiger partial charge on any atom is -0.462 e. The van der Waals surface area contributed by atoms with Crippen molar-refractivity contribution < 1.29 is 38.6 Å². The fraction of sp³-hybridized carbons (Fsp3) is 0.429. The predicted octanol–water partition coefficient (Wildman–Crippen LogP) is 2.16. The molecule has 1 aliphatic rings. The molecule has 0 radical (unpaired) electrons. The largest absolute Gasteiger partial charge is 0.462 e. The van der Waals surface area contributed by atoms with E-state index in [2.05, 4.69) is 10.2 Å². The number of rotatable bonds is 12. The molecule has 1 heterocycles. The summed E-state index contributed by atoms with van der Waals surface area (Å²) in [7, 11) is 1.45. The highest BCUT2D eigenvalue weighted by Gasteiger charge is 2.38. The first kappa shape index (κ1) is 26.3. The molecule has 1 aromatic carbocycles. The van der Waals surface area contributed by atoms with Crippen LogP contribution in [-0.2, 0) is 28.6 Å². The van der Waals surface area contributed by atoms with Crippen LogP contribution >= 0.6 is 0 Å². The summed E-state index contributed by atoms with van der Waals surface area (Å²) in [5.41, 5.74) is 1.03. The third-order valence-electron chi connectivity index (χ3n) is 4.85. The summed E-state index contributed by atoms with van der Waals surface area (Å²) in [6, 6.07) is 5.58. The molecular formula is C21H25N3O10. The number of carbonyl (C=O) groups excluding carboxylic acids is 2. The van der Waals surface area contributed by atoms with Crippen LogP contribution in [0.2, 0.25) is 0 Å². The van der Waals surface area contributed by atoms with Crippen molar-refractivity contribution in [1.29, 1.82) is 0 Å². The Kier molecular flexibility index (Phi) is 9.49. The molecule has 1 aliphatic heterocycles. The number of nitrogens with zero attached hydrogens (tertiary/aromatic N) is 2. The number of non-ortho nitro benzene ring substituents is 1. The first-order chi connectivity index (χ1) is 16.2. The van der Waals surface area contributed by atoms with Crippen molar-refractivity contribution in [2.24, 2.45) is 0 Å². The van der Waals surface area contributed by atoms with Crippen LogP contribution in [0, 0.1) is 20.2 Å². The van der Waals surface area contributed by atoms with Crippen molar-refractivity contribution in [1.82, 2.24) is 5.32 Å². The van der Waals surface area contributed by atoms with Crippen LogP contribution in [0.5, 0.6) is 0 Å². The Balaban J connectivity index is 2.41. The summed E-state index contributed by atoms with van der Waals surface area (Å²) in [5, 5.41) is 23.6. The average molecular weight is 479 g/mol. The molecule has 2 rings (SSSR count). The second-order valence-electron chi connectivity index (χ2n) is 7.16. The maximum Gasteiger partial charge on any atom is 0.336 e. The van der Waals surface area contributed by atoms with E-state index >= 15 is 0 Å². The van der Waals surface area contributed by atoms with Gasteiger partial charge < -0.3 is 24.4 Å². The fourth-order valence-electron chi connectivity index (χ4n) is 3.42. The van der Waals surface area contributed by atoms with Gasteiger partial charge in [0, 0.05) is 37.1 Å². The van der Waals surface area contributed by atoms with E-state index in [4.69, 9.17) is 14.2 Å². The van der Waals surface area contributed by atoms with Gasteiger partial charge in [0.25, 0.3) is 10.8 Å². The molecule has 0 saturated carbocycles. The van der Waals surface area contributed by atoms with Gasteiger partial charge in [0.1, 0.15) is 6.61 Å². The number of hydrogen-bond donors (Lipinski definition) is 1. The first-order valence-electron chi connectivity index (χ1n) is 10.2. The molecule has 0 aromatic heterocycles. The highest BCUT2D eigenvalue weighted by Crippen LogP contribution is 2.40. The Morgan fingerprint density at radius 3 is 2.15 bits per heavy atom. The van der Waals surface area contributed by atoms with E-state index in [9.17, 15) is 29.8 Å². The SMILES string of the molecule is COCCOC(=O)C1=C(C)NC(C)=C(C(=O)OCCCO[N+](=O)[O-])C1c1cccc([N+](=O)[O-])c1. The molecule has 0 amide bonds. The summed E-state index contributed by atoms with van der Waals surface area (Å²) in [5.74, 6) is -2.54. The summed E-state index contributed by atoms with van der Waals surface area (Å²) in [6.45, 7) is 2.91. The van der Waals surface area contributed by atoms with Gasteiger partial charge in [-0.25, -0.2) is 9.59 Å². The van der Waals surface area contributed by atoms with Crippen LogP contribution in [0.15, 0.2) is 46.8 Å². The number of benzene rings is 1. The van der Waals surface area contributed by atoms with Gasteiger partial charge in [-0.1, -0.05) is 12.1 Å². The number of allylic oxidation sites excluding steroid dienone is 2. The number of esters is 2. The Hall–Kier alpha value is -4.00.